The van der Waals surface area contributed by atoms with Gasteiger partial charge in [0, 0.05) is 6.42 Å². The molecule has 0 radical (unpaired) electrons. The molecule has 39 heavy (non-hydrogen) atoms. The quantitative estimate of drug-likeness (QED) is 0.0978. The molecule has 0 spiro atoms. The van der Waals surface area contributed by atoms with E-state index in [1.165, 1.54) is 4.90 Å². The Kier molecular flexibility index (Phi) is 15.1. The third-order valence-corrected chi connectivity index (χ3v) is 6.62. The first-order valence-electron chi connectivity index (χ1n) is 12.4. The third kappa shape index (κ3) is 14.1. The van der Waals surface area contributed by atoms with Gasteiger partial charge in [-0.25, -0.2) is 14.4 Å². The molecule has 1 aromatic carbocycles. The fourth-order valence-corrected chi connectivity index (χ4v) is 3.87. The first kappa shape index (κ1) is 33.3. The summed E-state index contributed by atoms with van der Waals surface area (Å²) >= 11 is -0.0237. The minimum absolute atomic E-state index is 0.0237. The van der Waals surface area contributed by atoms with E-state index in [4.69, 9.17) is 10.2 Å². The van der Waals surface area contributed by atoms with Crippen LogP contribution in [0, 0.1) is 0 Å². The second kappa shape index (κ2) is 17.7. The summed E-state index contributed by atoms with van der Waals surface area (Å²) in [7, 11) is 1.63. The molecule has 0 heterocycles. The molecule has 212 valence electrons. The van der Waals surface area contributed by atoms with E-state index in [0.717, 1.165) is 9.99 Å². The number of unbranched alkanes of at least 4 members (excludes halogenated alkanes) is 1. The van der Waals surface area contributed by atoms with Gasteiger partial charge in [-0.05, 0) is 25.7 Å². The fraction of sp³-hybridized carbons (Fsp3) is 0.480. The van der Waals surface area contributed by atoms with Crippen LogP contribution in [0.25, 0.3) is 0 Å². The monoisotopic (exact) mass is 562 g/mol. The average Bonchev–Trinajstić information content (AvgIpc) is 2.88. The molecule has 13 nitrogen and oxygen atoms in total. The maximum absolute atomic E-state index is 12.4. The molecular formula is C25H35AlN4O9. The summed E-state index contributed by atoms with van der Waals surface area (Å²) in [6.07, 6.45) is 0.301. The summed E-state index contributed by atoms with van der Waals surface area (Å²) in [6, 6.07) is 3.90. The number of rotatable bonds is 18. The van der Waals surface area contributed by atoms with Crippen LogP contribution in [0.4, 0.5) is 4.79 Å². The van der Waals surface area contributed by atoms with Crippen molar-refractivity contribution in [3.05, 3.63) is 29.8 Å². The van der Waals surface area contributed by atoms with Crippen LogP contribution in [-0.2, 0) is 30.4 Å². The molecule has 0 aliphatic heterocycles. The van der Waals surface area contributed by atoms with Gasteiger partial charge in [0.2, 0.25) is 0 Å². The summed E-state index contributed by atoms with van der Waals surface area (Å²) < 4.78 is 1.16. The molecule has 0 unspecified atom stereocenters. The number of likely N-dealkylation sites (N-methyl/N-ethyl adjacent to an activating group) is 1. The molecule has 4 amide bonds. The zero-order chi connectivity index (χ0) is 29.4. The molecule has 0 saturated heterocycles. The van der Waals surface area contributed by atoms with E-state index in [-0.39, 0.29) is 65.4 Å². The molecule has 0 aliphatic carbocycles. The number of amides is 4. The number of nitrogens with one attached hydrogen (secondary N) is 3. The summed E-state index contributed by atoms with van der Waals surface area (Å²) in [4.78, 5) is 71.2. The van der Waals surface area contributed by atoms with Crippen molar-refractivity contribution in [1.82, 2.24) is 20.9 Å². The molecule has 1 aromatic rings. The molecule has 0 aliphatic rings. The first-order chi connectivity index (χ1) is 18.4. The van der Waals surface area contributed by atoms with E-state index < -0.39 is 42.4 Å². The average molecular weight is 563 g/mol. The molecule has 6 N–H and O–H groups in total. The van der Waals surface area contributed by atoms with Gasteiger partial charge in [-0.15, -0.1) is 0 Å². The Labute approximate surface area is 232 Å². The van der Waals surface area contributed by atoms with E-state index >= 15 is 0 Å². The van der Waals surface area contributed by atoms with Gasteiger partial charge in [0.25, 0.3) is 0 Å². The normalized spacial score (nSPS) is 11.8. The van der Waals surface area contributed by atoms with Crippen molar-refractivity contribution < 1.29 is 44.1 Å². The van der Waals surface area contributed by atoms with Gasteiger partial charge in [0.15, 0.2) is 0 Å². The summed E-state index contributed by atoms with van der Waals surface area (Å²) in [5, 5.41) is 37.9. The predicted octanol–water partition coefficient (Wildman–Crippen LogP) is -0.804. The van der Waals surface area contributed by atoms with Crippen LogP contribution in [0.2, 0.25) is 0 Å². The fourth-order valence-electron chi connectivity index (χ4n) is 3.41. The SMILES string of the molecule is [CH2]=[Al][c]1ccc(CC(=O)N(C)CCC(=O)NCCCC[C@H](NC(=O)N[C@@H](CCC(=O)O)C(=O)O)C(=O)O)cc1. The van der Waals surface area contributed by atoms with Crippen LogP contribution < -0.4 is 20.4 Å². The topological polar surface area (TPSA) is 202 Å². The number of carbonyl (C=O) groups excluding carboxylic acids is 3. The summed E-state index contributed by atoms with van der Waals surface area (Å²) in [5.41, 5.74) is 0.888. The molecule has 1 rings (SSSR count). The Morgan fingerprint density at radius 1 is 0.897 bits per heavy atom. The number of carboxylic acid groups (broad SMARTS) is 3. The minimum atomic E-state index is -1.48. The van der Waals surface area contributed by atoms with Crippen molar-refractivity contribution in [2.24, 2.45) is 0 Å². The molecule has 14 heteroatoms. The molecule has 0 saturated carbocycles. The second-order valence-corrected chi connectivity index (χ2v) is 9.94. The maximum atomic E-state index is 12.4. The molecular weight excluding hydrogens is 527 g/mol. The van der Waals surface area contributed by atoms with Gasteiger partial charge in [-0.3, -0.25) is 4.79 Å². The zero-order valence-corrected chi connectivity index (χ0v) is 23.0. The van der Waals surface area contributed by atoms with Crippen molar-refractivity contribution in [2.45, 2.75) is 57.0 Å². The summed E-state index contributed by atoms with van der Waals surface area (Å²) in [5.74, 6) is -4.35. The molecule has 2 atom stereocenters. The Morgan fingerprint density at radius 2 is 1.49 bits per heavy atom. The first-order valence-corrected chi connectivity index (χ1v) is 13.8. The number of carbonyl (C=O) groups is 6. The van der Waals surface area contributed by atoms with Crippen molar-refractivity contribution >= 4 is 60.3 Å². The number of nitrogens with zero attached hydrogens (tertiary/aromatic N) is 1. The number of urea groups is 1. The Hall–Kier alpha value is -3.76. The van der Waals surface area contributed by atoms with Crippen LogP contribution in [-0.4, -0.2) is 108 Å². The van der Waals surface area contributed by atoms with Crippen LogP contribution in [0.5, 0.6) is 0 Å². The Balaban J connectivity index is 2.32. The van der Waals surface area contributed by atoms with Gasteiger partial charge >= 0.3 is 143 Å². The third-order valence-electron chi connectivity index (χ3n) is 5.77. The van der Waals surface area contributed by atoms with E-state index in [1.807, 2.05) is 24.3 Å². The number of hydrogen-bond acceptors (Lipinski definition) is 6. The van der Waals surface area contributed by atoms with E-state index in [0.29, 0.717) is 12.8 Å². The van der Waals surface area contributed by atoms with Gasteiger partial charge in [-0.2, -0.15) is 0 Å². The van der Waals surface area contributed by atoms with Crippen molar-refractivity contribution in [2.75, 3.05) is 20.1 Å². The van der Waals surface area contributed by atoms with Gasteiger partial charge in [-0.1, -0.05) is 0 Å². The standard InChI is InChI=1S/C24H33N4O9.CH2.Al/c1-28(20(30)15-16-7-3-2-4-8-16)14-12-19(29)25-13-6-5-9-17(22(33)34)26-24(37)27-18(23(35)36)10-11-21(31)32;;/h3-4,7-8,17-18H,5-6,9-15H2,1H3,(H,25,29)(H,31,32)(H,33,34)(H,35,36)(H2,26,27,37);1H2;/t17-,18-;;/m0../s1. The van der Waals surface area contributed by atoms with Crippen molar-refractivity contribution in [3.8, 4) is 0 Å². The molecule has 0 fully saturated rings. The van der Waals surface area contributed by atoms with Crippen LogP contribution in [0.15, 0.2) is 24.3 Å². The number of hydrogen-bond donors (Lipinski definition) is 6. The van der Waals surface area contributed by atoms with Crippen LogP contribution in [0.3, 0.4) is 0 Å². The van der Waals surface area contributed by atoms with E-state index in [9.17, 15) is 33.9 Å². The van der Waals surface area contributed by atoms with Gasteiger partial charge in [0.1, 0.15) is 12.1 Å². The van der Waals surface area contributed by atoms with E-state index in [2.05, 4.69) is 21.3 Å². The Bertz CT molecular complexity index is 1030. The molecule has 0 aromatic heterocycles. The zero-order valence-electron chi connectivity index (χ0n) is 21.9. The predicted molar refractivity (Wildman–Crippen MR) is 143 cm³/mol. The van der Waals surface area contributed by atoms with Gasteiger partial charge < -0.3 is 26.0 Å². The number of benzene rings is 1. The van der Waals surface area contributed by atoms with E-state index in [1.54, 1.807) is 7.05 Å². The van der Waals surface area contributed by atoms with Crippen LogP contribution in [0.1, 0.15) is 44.1 Å². The summed E-state index contributed by atoms with van der Waals surface area (Å²) in [6.45, 7) is 0.516. The Morgan fingerprint density at radius 3 is 2.03 bits per heavy atom. The molecule has 0 bridgehead atoms. The van der Waals surface area contributed by atoms with Gasteiger partial charge in [0.05, 0.1) is 0 Å². The number of aliphatic carboxylic acids is 3. The van der Waals surface area contributed by atoms with Crippen molar-refractivity contribution in [3.63, 3.8) is 0 Å². The van der Waals surface area contributed by atoms with Crippen LogP contribution >= 0.6 is 0 Å². The van der Waals surface area contributed by atoms with Crippen molar-refractivity contribution in [1.29, 1.82) is 0 Å². The number of carboxylic acids is 3. The second-order valence-electron chi connectivity index (χ2n) is 8.87.